The molecule has 0 amide bonds. The molecular formula is C12H13N3O5. The molecule has 106 valence electrons. The summed E-state index contributed by atoms with van der Waals surface area (Å²) in [5, 5.41) is 0. The second-order valence-corrected chi connectivity index (χ2v) is 4.90. The average Bonchev–Trinajstić information content (AvgIpc) is 3.35. The van der Waals surface area contributed by atoms with Gasteiger partial charge in [-0.1, -0.05) is 0 Å². The molecule has 0 aromatic carbocycles. The van der Waals surface area contributed by atoms with Gasteiger partial charge in [0.15, 0.2) is 36.2 Å². The first-order valence-electron chi connectivity index (χ1n) is 6.27. The van der Waals surface area contributed by atoms with E-state index in [-0.39, 0.29) is 30.3 Å². The van der Waals surface area contributed by atoms with Crippen LogP contribution in [-0.2, 0) is 23.9 Å². The van der Waals surface area contributed by atoms with Gasteiger partial charge in [0, 0.05) is 6.42 Å². The smallest absolute Gasteiger partial charge is 0.194 e. The van der Waals surface area contributed by atoms with Crippen LogP contribution in [0.1, 0.15) is 6.42 Å². The number of epoxide rings is 2. The Morgan fingerprint density at radius 2 is 1.90 bits per heavy atom. The number of carbonyl (C=O) groups excluding carboxylic acids is 3. The third-order valence-corrected chi connectivity index (χ3v) is 3.40. The first kappa shape index (κ1) is 13.1. The van der Waals surface area contributed by atoms with Crippen LogP contribution in [0.4, 0.5) is 0 Å². The fraction of sp³-hybridized carbons (Fsp3) is 0.583. The summed E-state index contributed by atoms with van der Waals surface area (Å²) in [6.45, 7) is 1.45. The lowest BCUT2D eigenvalue weighted by molar-refractivity contribution is -0.117. The molecule has 0 radical (unpaired) electrons. The van der Waals surface area contributed by atoms with E-state index in [1.54, 1.807) is 0 Å². The minimum atomic E-state index is -1.32. The summed E-state index contributed by atoms with van der Waals surface area (Å²) in [5.41, 5.74) is -1.32. The van der Waals surface area contributed by atoms with E-state index in [0.717, 1.165) is 0 Å². The zero-order valence-electron chi connectivity index (χ0n) is 10.6. The van der Waals surface area contributed by atoms with Crippen molar-refractivity contribution in [3.63, 3.8) is 0 Å². The maximum absolute atomic E-state index is 11.6. The van der Waals surface area contributed by atoms with Crippen LogP contribution in [-0.4, -0.2) is 73.1 Å². The Morgan fingerprint density at radius 1 is 1.20 bits per heavy atom. The number of carbonyl (C=O) groups is 3. The van der Waals surface area contributed by atoms with Gasteiger partial charge in [-0.2, -0.15) is 0 Å². The van der Waals surface area contributed by atoms with E-state index in [1.165, 1.54) is 4.90 Å². The summed E-state index contributed by atoms with van der Waals surface area (Å²) < 4.78 is 10.3. The zero-order chi connectivity index (χ0) is 14.2. The van der Waals surface area contributed by atoms with Gasteiger partial charge in [0.1, 0.15) is 0 Å². The molecule has 3 aliphatic rings. The normalized spacial score (nSPS) is 34.9. The number of rotatable bonds is 7. The Hall–Kier alpha value is -1.93. The molecule has 0 aromatic heterocycles. The maximum Gasteiger partial charge on any atom is 0.194 e. The number of hydrogen-bond donors (Lipinski definition) is 0. The molecule has 0 bridgehead atoms. The molecule has 3 aliphatic heterocycles. The molecule has 0 spiro atoms. The van der Waals surface area contributed by atoms with Crippen LogP contribution < -0.4 is 0 Å². The summed E-state index contributed by atoms with van der Waals surface area (Å²) >= 11 is 0. The Balaban J connectivity index is 1.96. The van der Waals surface area contributed by atoms with E-state index >= 15 is 0 Å². The van der Waals surface area contributed by atoms with E-state index < -0.39 is 5.66 Å². The van der Waals surface area contributed by atoms with Crippen LogP contribution in [0.2, 0.25) is 0 Å². The lowest BCUT2D eigenvalue weighted by atomic mass is 10.0. The van der Waals surface area contributed by atoms with E-state index in [2.05, 4.69) is 9.98 Å². The van der Waals surface area contributed by atoms with Crippen LogP contribution in [0, 0.1) is 0 Å². The van der Waals surface area contributed by atoms with Crippen LogP contribution >= 0.6 is 0 Å². The summed E-state index contributed by atoms with van der Waals surface area (Å²) in [6.07, 6.45) is 1.73. The van der Waals surface area contributed by atoms with Gasteiger partial charge in [0.2, 0.25) is 0 Å². The number of hydrogen-bond acceptors (Lipinski definition) is 8. The maximum atomic E-state index is 11.6. The molecule has 8 nitrogen and oxygen atoms in total. The summed E-state index contributed by atoms with van der Waals surface area (Å²) in [5.74, 6) is -0.141. The number of ether oxygens (including phenoxy) is 2. The van der Waals surface area contributed by atoms with Crippen molar-refractivity contribution in [2.45, 2.75) is 24.3 Å². The second kappa shape index (κ2) is 4.88. The molecule has 3 heterocycles. The summed E-state index contributed by atoms with van der Waals surface area (Å²) in [6, 6.07) is 0. The Bertz CT molecular complexity index is 509. The highest BCUT2D eigenvalue weighted by Gasteiger charge is 2.47. The molecule has 20 heavy (non-hydrogen) atoms. The van der Waals surface area contributed by atoms with Gasteiger partial charge in [-0.3, -0.25) is 14.4 Å². The summed E-state index contributed by atoms with van der Waals surface area (Å²) in [7, 11) is 0. The highest BCUT2D eigenvalue weighted by Crippen LogP contribution is 2.31. The molecular weight excluding hydrogens is 266 g/mol. The number of nitrogens with zero attached hydrogens (tertiary/aromatic N) is 3. The standard InChI is InChI=1S/C12H13N3O5/c16-3-10-13-11(4-17)15(2-9-6-20-9)12(7-18,14-10)1-8-5-19-8/h3-4,7-9H,1-2,5-6H2. The van der Waals surface area contributed by atoms with Crippen molar-refractivity contribution < 1.29 is 23.9 Å². The first-order chi connectivity index (χ1) is 9.70. The number of aldehydes is 3. The molecule has 3 rings (SSSR count). The Kier molecular flexibility index (Phi) is 3.19. The van der Waals surface area contributed by atoms with Crippen LogP contribution in [0.3, 0.4) is 0 Å². The zero-order valence-corrected chi connectivity index (χ0v) is 10.6. The first-order valence-corrected chi connectivity index (χ1v) is 6.27. The molecule has 0 aromatic rings. The Labute approximate surface area is 114 Å². The van der Waals surface area contributed by atoms with Crippen molar-refractivity contribution in [3.8, 4) is 0 Å². The van der Waals surface area contributed by atoms with Gasteiger partial charge in [0.25, 0.3) is 0 Å². The van der Waals surface area contributed by atoms with E-state index in [9.17, 15) is 14.4 Å². The van der Waals surface area contributed by atoms with Crippen LogP contribution in [0.25, 0.3) is 0 Å². The van der Waals surface area contributed by atoms with E-state index in [0.29, 0.717) is 38.6 Å². The minimum absolute atomic E-state index is 0.0188. The number of amidine groups is 2. The number of aliphatic imine (C=N–C) groups is 2. The van der Waals surface area contributed by atoms with Gasteiger partial charge in [-0.15, -0.1) is 0 Å². The van der Waals surface area contributed by atoms with E-state index in [1.807, 2.05) is 0 Å². The van der Waals surface area contributed by atoms with Crippen LogP contribution in [0.5, 0.6) is 0 Å². The van der Waals surface area contributed by atoms with Crippen LogP contribution in [0.15, 0.2) is 9.98 Å². The monoisotopic (exact) mass is 279 g/mol. The molecule has 2 saturated heterocycles. The third-order valence-electron chi connectivity index (χ3n) is 3.40. The van der Waals surface area contributed by atoms with E-state index in [4.69, 9.17) is 9.47 Å². The predicted octanol–water partition coefficient (Wildman–Crippen LogP) is -1.42. The van der Waals surface area contributed by atoms with Gasteiger partial charge in [-0.05, 0) is 0 Å². The van der Waals surface area contributed by atoms with Crippen molar-refractivity contribution in [1.82, 2.24) is 4.90 Å². The topological polar surface area (TPSA) is 104 Å². The highest BCUT2D eigenvalue weighted by atomic mass is 16.6. The predicted molar refractivity (Wildman–Crippen MR) is 66.6 cm³/mol. The van der Waals surface area contributed by atoms with Gasteiger partial charge in [0.05, 0.1) is 32.0 Å². The third kappa shape index (κ3) is 2.39. The second-order valence-electron chi connectivity index (χ2n) is 4.90. The average molecular weight is 279 g/mol. The van der Waals surface area contributed by atoms with Gasteiger partial charge in [-0.25, -0.2) is 9.98 Å². The van der Waals surface area contributed by atoms with Crippen molar-refractivity contribution in [2.75, 3.05) is 19.8 Å². The minimum Gasteiger partial charge on any atom is -0.373 e. The fourth-order valence-electron chi connectivity index (χ4n) is 2.25. The quantitative estimate of drug-likeness (QED) is 0.418. The van der Waals surface area contributed by atoms with Crippen molar-refractivity contribution in [1.29, 1.82) is 0 Å². The molecule has 3 unspecified atom stereocenters. The molecule has 3 atom stereocenters. The lowest BCUT2D eigenvalue weighted by Crippen LogP contribution is -2.57. The molecule has 0 saturated carbocycles. The molecule has 8 heteroatoms. The highest BCUT2D eigenvalue weighted by molar-refractivity contribution is 6.38. The Morgan fingerprint density at radius 3 is 2.40 bits per heavy atom. The molecule has 0 aliphatic carbocycles. The summed E-state index contributed by atoms with van der Waals surface area (Å²) in [4.78, 5) is 43.2. The van der Waals surface area contributed by atoms with Gasteiger partial charge >= 0.3 is 0 Å². The molecule has 0 N–H and O–H groups in total. The molecule has 2 fully saturated rings. The van der Waals surface area contributed by atoms with Crippen molar-refractivity contribution >= 4 is 30.5 Å². The lowest BCUT2D eigenvalue weighted by Gasteiger charge is -2.39. The largest absolute Gasteiger partial charge is 0.373 e. The van der Waals surface area contributed by atoms with Gasteiger partial charge < -0.3 is 14.4 Å². The van der Waals surface area contributed by atoms with Crippen molar-refractivity contribution in [2.24, 2.45) is 9.98 Å². The van der Waals surface area contributed by atoms with Crippen molar-refractivity contribution in [3.05, 3.63) is 0 Å². The fourth-order valence-corrected chi connectivity index (χ4v) is 2.25. The SMILES string of the molecule is O=CC1=NC(C=O)(CC2CO2)N(CC2CO2)C(C=O)=N1.